The van der Waals surface area contributed by atoms with E-state index >= 15 is 0 Å². The van der Waals surface area contributed by atoms with Crippen LogP contribution in [-0.2, 0) is 9.59 Å². The van der Waals surface area contributed by atoms with Crippen molar-refractivity contribution >= 4 is 12.2 Å². The largest absolute Gasteiger partial charge is 0.394 e. The van der Waals surface area contributed by atoms with Crippen LogP contribution in [0.25, 0.3) is 0 Å². The summed E-state index contributed by atoms with van der Waals surface area (Å²) in [6, 6.07) is -1.83. The molecule has 0 aliphatic heterocycles. The van der Waals surface area contributed by atoms with E-state index in [0.29, 0.717) is 4.90 Å². The van der Waals surface area contributed by atoms with Crippen LogP contribution in [0, 0.1) is 0 Å². The number of hydrogen-bond donors (Lipinski definition) is 9. The molecule has 0 aromatic heterocycles. The minimum Gasteiger partial charge on any atom is -0.394 e. The molecule has 0 spiro atoms. The van der Waals surface area contributed by atoms with Gasteiger partial charge < -0.3 is 52.1 Å². The lowest BCUT2D eigenvalue weighted by molar-refractivity contribution is -0.177. The Labute approximate surface area is 143 Å². The number of aliphatic hydroxyl groups excluding tert-OH is 6. The summed E-state index contributed by atoms with van der Waals surface area (Å²) in [5, 5.41) is 66.7. The molecule has 12 nitrogen and oxygen atoms in total. The van der Waals surface area contributed by atoms with Crippen molar-refractivity contribution in [3.8, 4) is 0 Å². The maximum atomic E-state index is 12.1. The van der Waals surface area contributed by atoms with Crippen LogP contribution < -0.4 is 11.5 Å². The van der Waals surface area contributed by atoms with E-state index in [9.17, 15) is 40.2 Å². The first-order valence-electron chi connectivity index (χ1n) is 7.40. The zero-order valence-corrected chi connectivity index (χ0v) is 13.7. The minimum absolute atomic E-state index is 0.132. The number of likely N-dealkylation sites (N-methyl/N-ethyl adjacent to an activating group) is 1. The molecule has 0 saturated carbocycles. The van der Waals surface area contributed by atoms with E-state index in [1.54, 1.807) is 0 Å². The third-order valence-electron chi connectivity index (χ3n) is 3.94. The number of hydrogen-bond acceptors (Lipinski definition) is 11. The van der Waals surface area contributed by atoms with Crippen LogP contribution in [0.15, 0.2) is 0 Å². The Bertz CT molecular complexity index is 441. The number of aliphatic hydroxyl groups is 7. The van der Waals surface area contributed by atoms with E-state index < -0.39 is 67.8 Å². The molecular formula is C13H27N3O9. The Kier molecular flexibility index (Phi) is 9.57. The lowest BCUT2D eigenvalue weighted by Gasteiger charge is -2.40. The summed E-state index contributed by atoms with van der Waals surface area (Å²) in [5.41, 5.74) is 7.96. The zero-order chi connectivity index (χ0) is 19.9. The first-order valence-corrected chi connectivity index (χ1v) is 7.40. The predicted molar refractivity (Wildman–Crippen MR) is 82.6 cm³/mol. The summed E-state index contributed by atoms with van der Waals surface area (Å²) in [6.07, 6.45) is -9.77. The van der Waals surface area contributed by atoms with Gasteiger partial charge in [-0.1, -0.05) is 0 Å². The van der Waals surface area contributed by atoms with Gasteiger partial charge in [0.1, 0.15) is 18.3 Å². The van der Waals surface area contributed by atoms with Gasteiger partial charge in [-0.25, -0.2) is 0 Å². The molecule has 0 radical (unpaired) electrons. The highest BCUT2D eigenvalue weighted by Crippen LogP contribution is 2.18. The third-order valence-corrected chi connectivity index (χ3v) is 3.94. The van der Waals surface area contributed by atoms with Crippen molar-refractivity contribution in [2.45, 2.75) is 48.7 Å². The fourth-order valence-corrected chi connectivity index (χ4v) is 2.01. The maximum Gasteiger partial charge on any atom is 0.227 e. The first kappa shape index (κ1) is 23.8. The van der Waals surface area contributed by atoms with Crippen LogP contribution in [0.5, 0.6) is 0 Å². The van der Waals surface area contributed by atoms with Gasteiger partial charge in [0.05, 0.1) is 31.3 Å². The van der Waals surface area contributed by atoms with E-state index in [1.807, 2.05) is 0 Å². The quantitative estimate of drug-likeness (QED) is 0.123. The molecule has 0 unspecified atom stereocenters. The number of carbonyl (C=O) groups excluding carboxylic acids is 2. The Morgan fingerprint density at radius 1 is 1.12 bits per heavy atom. The van der Waals surface area contributed by atoms with Crippen molar-refractivity contribution in [3.63, 3.8) is 0 Å². The Balaban J connectivity index is 5.21. The van der Waals surface area contributed by atoms with Gasteiger partial charge in [0.15, 0.2) is 6.29 Å². The normalized spacial score (nSPS) is 21.4. The molecule has 0 aromatic rings. The minimum atomic E-state index is -2.74. The first-order chi connectivity index (χ1) is 11.5. The van der Waals surface area contributed by atoms with Gasteiger partial charge in [-0.3, -0.25) is 9.59 Å². The molecule has 0 heterocycles. The monoisotopic (exact) mass is 369 g/mol. The molecule has 1 amide bonds. The predicted octanol–water partition coefficient (Wildman–Crippen LogP) is -6.19. The number of nitrogens with zero attached hydrogens (tertiary/aromatic N) is 1. The molecular weight excluding hydrogens is 342 g/mol. The van der Waals surface area contributed by atoms with Crippen LogP contribution in [0.2, 0.25) is 0 Å². The summed E-state index contributed by atoms with van der Waals surface area (Å²) in [7, 11) is 0.944. The molecule has 0 aromatic carbocycles. The summed E-state index contributed by atoms with van der Waals surface area (Å²) in [4.78, 5) is 23.8. The van der Waals surface area contributed by atoms with Gasteiger partial charge in [-0.2, -0.15) is 0 Å². The summed E-state index contributed by atoms with van der Waals surface area (Å²) in [6.45, 7) is -1.29. The number of nitrogens with two attached hydrogens (primary N) is 2. The van der Waals surface area contributed by atoms with Gasteiger partial charge in [-0.15, -0.1) is 0 Å². The van der Waals surface area contributed by atoms with E-state index in [-0.39, 0.29) is 6.29 Å². The van der Waals surface area contributed by atoms with E-state index in [0.717, 1.165) is 7.05 Å². The molecule has 0 aliphatic rings. The van der Waals surface area contributed by atoms with E-state index in [2.05, 4.69) is 0 Å². The highest BCUT2D eigenvalue weighted by Gasteiger charge is 2.46. The van der Waals surface area contributed by atoms with Gasteiger partial charge in [0, 0.05) is 13.6 Å². The molecule has 7 atom stereocenters. The van der Waals surface area contributed by atoms with Crippen molar-refractivity contribution in [1.82, 2.24) is 4.90 Å². The molecule has 11 N–H and O–H groups in total. The van der Waals surface area contributed by atoms with E-state index in [1.165, 1.54) is 0 Å². The van der Waals surface area contributed by atoms with Crippen molar-refractivity contribution < 1.29 is 45.3 Å². The Hall–Kier alpha value is -1.22. The van der Waals surface area contributed by atoms with Crippen LogP contribution in [0.3, 0.4) is 0 Å². The smallest absolute Gasteiger partial charge is 0.227 e. The molecule has 0 bridgehead atoms. The number of amides is 1. The van der Waals surface area contributed by atoms with Gasteiger partial charge in [-0.05, 0) is 0 Å². The van der Waals surface area contributed by atoms with Gasteiger partial charge >= 0.3 is 0 Å². The molecule has 0 aliphatic carbocycles. The standard InChI is InChI=1S/C13H27N3O9/c1-16(9(22)2-6(19)10(23)8(21)4-17)13(25,5-18)12(15)11(24)7(20)3-14/h5-8,10-12,17,19-21,23-25H,2-4,14-15H2,1H3/t6-,7-,8-,10+,11-,12-,13-/m1/s1. The number of carbonyl (C=O) groups is 2. The van der Waals surface area contributed by atoms with Crippen LogP contribution in [0.4, 0.5) is 0 Å². The lowest BCUT2D eigenvalue weighted by Crippen LogP contribution is -2.68. The molecule has 25 heavy (non-hydrogen) atoms. The number of rotatable bonds is 11. The molecule has 0 saturated heterocycles. The average Bonchev–Trinajstić information content (AvgIpc) is 2.62. The molecule has 0 fully saturated rings. The summed E-state index contributed by atoms with van der Waals surface area (Å²) in [5.74, 6) is -1.07. The van der Waals surface area contributed by atoms with Crippen molar-refractivity contribution in [2.75, 3.05) is 20.2 Å². The SMILES string of the molecule is CN(C(=O)C[C@@H](O)[C@H](O)[C@H](O)CO)[C@@](O)(C=O)[C@H](N)[C@H](O)[C@H](O)CN. The lowest BCUT2D eigenvalue weighted by atomic mass is 9.94. The average molecular weight is 369 g/mol. The Morgan fingerprint density at radius 3 is 2.04 bits per heavy atom. The van der Waals surface area contributed by atoms with Crippen LogP contribution in [0.1, 0.15) is 6.42 Å². The van der Waals surface area contributed by atoms with Crippen LogP contribution in [-0.4, -0.2) is 115 Å². The second-order valence-electron chi connectivity index (χ2n) is 5.69. The van der Waals surface area contributed by atoms with Crippen LogP contribution >= 0.6 is 0 Å². The third kappa shape index (κ3) is 5.64. The second kappa shape index (κ2) is 10.1. The fraction of sp³-hybridized carbons (Fsp3) is 0.846. The fourth-order valence-electron chi connectivity index (χ4n) is 2.01. The highest BCUT2D eigenvalue weighted by atomic mass is 16.4. The summed E-state index contributed by atoms with van der Waals surface area (Å²) >= 11 is 0. The summed E-state index contributed by atoms with van der Waals surface area (Å²) < 4.78 is 0. The van der Waals surface area contributed by atoms with Crippen molar-refractivity contribution in [3.05, 3.63) is 0 Å². The topological polar surface area (TPSA) is 231 Å². The zero-order valence-electron chi connectivity index (χ0n) is 13.7. The molecule has 0 rings (SSSR count). The van der Waals surface area contributed by atoms with E-state index in [4.69, 9.17) is 16.6 Å². The molecule has 12 heteroatoms. The van der Waals surface area contributed by atoms with Gasteiger partial charge in [0.25, 0.3) is 0 Å². The van der Waals surface area contributed by atoms with Gasteiger partial charge in [0.2, 0.25) is 11.6 Å². The Morgan fingerprint density at radius 2 is 1.64 bits per heavy atom. The van der Waals surface area contributed by atoms with Crippen molar-refractivity contribution in [1.29, 1.82) is 0 Å². The van der Waals surface area contributed by atoms with Crippen molar-refractivity contribution in [2.24, 2.45) is 11.5 Å². The molecule has 148 valence electrons. The number of aldehydes is 1. The maximum absolute atomic E-state index is 12.1. The second-order valence-corrected chi connectivity index (χ2v) is 5.69. The highest BCUT2D eigenvalue weighted by molar-refractivity contribution is 5.81.